The first-order chi connectivity index (χ1) is 7.63. The van der Waals surface area contributed by atoms with E-state index in [-0.39, 0.29) is 17.5 Å². The van der Waals surface area contributed by atoms with E-state index < -0.39 is 12.7 Å². The van der Waals surface area contributed by atoms with Gasteiger partial charge in [0.1, 0.15) is 0 Å². The van der Waals surface area contributed by atoms with Crippen LogP contribution < -0.4 is 5.32 Å². The van der Waals surface area contributed by atoms with E-state index in [1.807, 2.05) is 6.92 Å². The van der Waals surface area contributed by atoms with Gasteiger partial charge in [-0.05, 0) is 11.8 Å². The lowest BCUT2D eigenvalue weighted by Crippen LogP contribution is -2.61. The predicted octanol–water partition coefficient (Wildman–Crippen LogP) is 2.65. The highest BCUT2D eigenvalue weighted by Gasteiger charge is 2.39. The molecule has 0 amide bonds. The van der Waals surface area contributed by atoms with Gasteiger partial charge in [0, 0.05) is 25.2 Å². The van der Waals surface area contributed by atoms with E-state index in [1.54, 1.807) is 4.90 Å². The minimum absolute atomic E-state index is 0.00442. The predicted molar refractivity (Wildman–Crippen MR) is 63.0 cm³/mol. The number of hydrogen-bond donors (Lipinski definition) is 1. The zero-order valence-corrected chi connectivity index (χ0v) is 11.1. The Kier molecular flexibility index (Phi) is 4.47. The summed E-state index contributed by atoms with van der Waals surface area (Å²) in [5.74, 6) is 0. The number of rotatable bonds is 2. The Morgan fingerprint density at radius 2 is 1.82 bits per heavy atom. The molecule has 1 aliphatic rings. The highest BCUT2D eigenvalue weighted by Crippen LogP contribution is 2.26. The maximum absolute atomic E-state index is 12.5. The molecule has 17 heavy (non-hydrogen) atoms. The third-order valence-electron chi connectivity index (χ3n) is 3.43. The summed E-state index contributed by atoms with van der Waals surface area (Å²) in [6, 6.07) is 0.114. The Labute approximate surface area is 102 Å². The molecular weight excluding hydrogens is 229 g/mol. The van der Waals surface area contributed by atoms with Gasteiger partial charge in [-0.3, -0.25) is 4.90 Å². The fraction of sp³-hybridized carbons (Fsp3) is 1.00. The largest absolute Gasteiger partial charge is 0.401 e. The van der Waals surface area contributed by atoms with E-state index in [2.05, 4.69) is 26.1 Å². The lowest BCUT2D eigenvalue weighted by molar-refractivity contribution is -0.155. The first kappa shape index (κ1) is 14.8. The molecule has 0 spiro atoms. The Morgan fingerprint density at radius 3 is 2.24 bits per heavy atom. The van der Waals surface area contributed by atoms with Crippen LogP contribution in [0.15, 0.2) is 0 Å². The fourth-order valence-corrected chi connectivity index (χ4v) is 2.26. The summed E-state index contributed by atoms with van der Waals surface area (Å²) in [7, 11) is 0. The second-order valence-electron chi connectivity index (χ2n) is 5.93. The van der Waals surface area contributed by atoms with E-state index in [0.717, 1.165) is 6.42 Å². The van der Waals surface area contributed by atoms with Crippen molar-refractivity contribution in [3.63, 3.8) is 0 Å². The van der Waals surface area contributed by atoms with Crippen molar-refractivity contribution in [2.45, 2.75) is 52.4 Å². The van der Waals surface area contributed by atoms with E-state index >= 15 is 0 Å². The number of nitrogens with zero attached hydrogens (tertiary/aromatic N) is 1. The average Bonchev–Trinajstić information content (AvgIpc) is 2.13. The second kappa shape index (κ2) is 5.14. The zero-order valence-electron chi connectivity index (χ0n) is 11.1. The standard InChI is InChI=1S/C12H23F3N2/c1-5-9-6-16-10(11(2,3)4)7-17(9)8-12(13,14)15/h9-10,16H,5-8H2,1-4H3. The summed E-state index contributed by atoms with van der Waals surface area (Å²) in [6.07, 6.45) is -3.35. The van der Waals surface area contributed by atoms with Gasteiger partial charge in [-0.2, -0.15) is 13.2 Å². The van der Waals surface area contributed by atoms with E-state index in [0.29, 0.717) is 13.1 Å². The number of alkyl halides is 3. The van der Waals surface area contributed by atoms with Gasteiger partial charge >= 0.3 is 6.18 Å². The molecule has 1 heterocycles. The number of hydrogen-bond acceptors (Lipinski definition) is 2. The van der Waals surface area contributed by atoms with Crippen LogP contribution in [-0.4, -0.2) is 42.8 Å². The molecule has 0 aliphatic carbocycles. The number of piperazine rings is 1. The summed E-state index contributed by atoms with van der Waals surface area (Å²) < 4.78 is 37.5. The molecule has 2 unspecified atom stereocenters. The Morgan fingerprint density at radius 1 is 1.24 bits per heavy atom. The van der Waals surface area contributed by atoms with Gasteiger partial charge in [-0.25, -0.2) is 0 Å². The number of nitrogens with one attached hydrogen (secondary N) is 1. The second-order valence-corrected chi connectivity index (χ2v) is 5.93. The Hall–Kier alpha value is -0.290. The van der Waals surface area contributed by atoms with Crippen molar-refractivity contribution in [1.82, 2.24) is 10.2 Å². The van der Waals surface area contributed by atoms with Gasteiger partial charge < -0.3 is 5.32 Å². The van der Waals surface area contributed by atoms with Crippen LogP contribution in [0.3, 0.4) is 0 Å². The van der Waals surface area contributed by atoms with Crippen molar-refractivity contribution >= 4 is 0 Å². The molecule has 2 atom stereocenters. The van der Waals surface area contributed by atoms with Crippen molar-refractivity contribution in [2.24, 2.45) is 5.41 Å². The number of halogens is 3. The third kappa shape index (κ3) is 4.47. The molecule has 0 radical (unpaired) electrons. The molecule has 5 heteroatoms. The van der Waals surface area contributed by atoms with E-state index in [1.165, 1.54) is 0 Å². The van der Waals surface area contributed by atoms with E-state index in [4.69, 9.17) is 0 Å². The molecule has 2 nitrogen and oxygen atoms in total. The fourth-order valence-electron chi connectivity index (χ4n) is 2.26. The van der Waals surface area contributed by atoms with Crippen LogP contribution in [0.5, 0.6) is 0 Å². The molecule has 1 rings (SSSR count). The van der Waals surface area contributed by atoms with Crippen LogP contribution in [0, 0.1) is 5.41 Å². The molecule has 0 aromatic carbocycles. The molecule has 0 saturated carbocycles. The highest BCUT2D eigenvalue weighted by molar-refractivity contribution is 4.92. The zero-order chi connectivity index (χ0) is 13.3. The Balaban J connectivity index is 2.69. The van der Waals surface area contributed by atoms with Crippen LogP contribution >= 0.6 is 0 Å². The summed E-state index contributed by atoms with van der Waals surface area (Å²) in [6.45, 7) is 8.44. The molecule has 0 aromatic rings. The van der Waals surface area contributed by atoms with Crippen LogP contribution in [0.2, 0.25) is 0 Å². The van der Waals surface area contributed by atoms with Crippen molar-refractivity contribution in [3.8, 4) is 0 Å². The summed E-state index contributed by atoms with van der Waals surface area (Å²) in [5, 5.41) is 3.37. The van der Waals surface area contributed by atoms with Crippen LogP contribution in [0.4, 0.5) is 13.2 Å². The first-order valence-corrected chi connectivity index (χ1v) is 6.17. The monoisotopic (exact) mass is 252 g/mol. The topological polar surface area (TPSA) is 15.3 Å². The van der Waals surface area contributed by atoms with Crippen molar-refractivity contribution in [2.75, 3.05) is 19.6 Å². The van der Waals surface area contributed by atoms with Gasteiger partial charge in [0.15, 0.2) is 0 Å². The maximum Gasteiger partial charge on any atom is 0.401 e. The minimum atomic E-state index is -4.10. The Bertz CT molecular complexity index is 245. The van der Waals surface area contributed by atoms with Gasteiger partial charge in [0.05, 0.1) is 6.54 Å². The van der Waals surface area contributed by atoms with Crippen molar-refractivity contribution in [3.05, 3.63) is 0 Å². The van der Waals surface area contributed by atoms with Gasteiger partial charge in [0.25, 0.3) is 0 Å². The minimum Gasteiger partial charge on any atom is -0.311 e. The third-order valence-corrected chi connectivity index (χ3v) is 3.43. The normalized spacial score (nSPS) is 28.4. The summed E-state index contributed by atoms with van der Waals surface area (Å²) >= 11 is 0. The molecule has 1 N–H and O–H groups in total. The average molecular weight is 252 g/mol. The van der Waals surface area contributed by atoms with Gasteiger partial charge in [-0.15, -0.1) is 0 Å². The van der Waals surface area contributed by atoms with Crippen molar-refractivity contribution < 1.29 is 13.2 Å². The van der Waals surface area contributed by atoms with Crippen LogP contribution in [0.1, 0.15) is 34.1 Å². The lowest BCUT2D eigenvalue weighted by Gasteiger charge is -2.45. The molecular formula is C12H23F3N2. The van der Waals surface area contributed by atoms with Crippen LogP contribution in [0.25, 0.3) is 0 Å². The lowest BCUT2D eigenvalue weighted by atomic mass is 9.84. The molecule has 102 valence electrons. The molecule has 1 aliphatic heterocycles. The quantitative estimate of drug-likeness (QED) is 0.812. The molecule has 1 fully saturated rings. The van der Waals surface area contributed by atoms with Gasteiger partial charge in [-0.1, -0.05) is 27.7 Å². The van der Waals surface area contributed by atoms with Gasteiger partial charge in [0.2, 0.25) is 0 Å². The molecule has 0 bridgehead atoms. The summed E-state index contributed by atoms with van der Waals surface area (Å²) in [5.41, 5.74) is -0.0113. The van der Waals surface area contributed by atoms with Crippen molar-refractivity contribution in [1.29, 1.82) is 0 Å². The molecule has 0 aromatic heterocycles. The molecule has 1 saturated heterocycles. The van der Waals surface area contributed by atoms with E-state index in [9.17, 15) is 13.2 Å². The highest BCUT2D eigenvalue weighted by atomic mass is 19.4. The maximum atomic E-state index is 12.5. The van der Waals surface area contributed by atoms with Crippen LogP contribution in [-0.2, 0) is 0 Å². The smallest absolute Gasteiger partial charge is 0.311 e. The summed E-state index contributed by atoms with van der Waals surface area (Å²) in [4.78, 5) is 1.58. The SMILES string of the molecule is CCC1CNC(C(C)(C)C)CN1CC(F)(F)F. The first-order valence-electron chi connectivity index (χ1n) is 6.17.